The maximum Gasteiger partial charge on any atom is 0.197 e. The second-order valence-corrected chi connectivity index (χ2v) is 6.08. The summed E-state index contributed by atoms with van der Waals surface area (Å²) in [6, 6.07) is 13.5. The zero-order valence-corrected chi connectivity index (χ0v) is 13.7. The fourth-order valence-corrected chi connectivity index (χ4v) is 2.87. The van der Waals surface area contributed by atoms with Crippen molar-refractivity contribution in [1.82, 2.24) is 4.98 Å². The van der Waals surface area contributed by atoms with Gasteiger partial charge in [-0.3, -0.25) is 0 Å². The van der Waals surface area contributed by atoms with Crippen LogP contribution in [0, 0.1) is 0 Å². The van der Waals surface area contributed by atoms with Gasteiger partial charge in [0, 0.05) is 16.5 Å². The Balaban J connectivity index is 1.87. The minimum atomic E-state index is -0.263. The van der Waals surface area contributed by atoms with E-state index in [4.69, 9.17) is 20.8 Å². The van der Waals surface area contributed by atoms with Crippen molar-refractivity contribution in [2.24, 2.45) is 0 Å². The summed E-state index contributed by atoms with van der Waals surface area (Å²) in [5, 5.41) is -0.263. The molecule has 0 amide bonds. The quantitative estimate of drug-likeness (QED) is 0.601. The molecule has 0 aliphatic carbocycles. The highest BCUT2D eigenvalue weighted by Crippen LogP contribution is 2.34. The third-order valence-corrected chi connectivity index (χ3v) is 4.11. The predicted molar refractivity (Wildman–Crippen MR) is 87.0 cm³/mol. The zero-order chi connectivity index (χ0) is 14.8. The van der Waals surface area contributed by atoms with Gasteiger partial charge in [-0.1, -0.05) is 34.1 Å². The molecular weight excluding hydrogens is 354 g/mol. The van der Waals surface area contributed by atoms with Gasteiger partial charge in [0.1, 0.15) is 11.3 Å². The Morgan fingerprint density at radius 3 is 2.86 bits per heavy atom. The first-order valence-electron chi connectivity index (χ1n) is 6.49. The van der Waals surface area contributed by atoms with E-state index in [0.29, 0.717) is 12.3 Å². The molecule has 0 bridgehead atoms. The molecule has 21 heavy (non-hydrogen) atoms. The van der Waals surface area contributed by atoms with Gasteiger partial charge in [0.25, 0.3) is 0 Å². The largest absolute Gasteiger partial charge is 0.496 e. The van der Waals surface area contributed by atoms with Crippen molar-refractivity contribution in [3.63, 3.8) is 0 Å². The van der Waals surface area contributed by atoms with Gasteiger partial charge in [0.15, 0.2) is 11.5 Å². The number of halogens is 2. The van der Waals surface area contributed by atoms with Crippen LogP contribution in [0.25, 0.3) is 11.1 Å². The van der Waals surface area contributed by atoms with E-state index in [1.807, 2.05) is 42.5 Å². The van der Waals surface area contributed by atoms with Crippen LogP contribution in [0.2, 0.25) is 0 Å². The molecule has 0 aliphatic heterocycles. The lowest BCUT2D eigenvalue weighted by atomic mass is 10.1. The summed E-state index contributed by atoms with van der Waals surface area (Å²) in [6.45, 7) is 0. The van der Waals surface area contributed by atoms with Crippen LogP contribution < -0.4 is 4.74 Å². The number of aromatic nitrogens is 1. The number of fused-ring (bicyclic) bond motifs is 1. The fourth-order valence-electron chi connectivity index (χ4n) is 2.21. The van der Waals surface area contributed by atoms with E-state index in [-0.39, 0.29) is 5.38 Å². The van der Waals surface area contributed by atoms with Gasteiger partial charge in [-0.05, 0) is 24.3 Å². The van der Waals surface area contributed by atoms with E-state index < -0.39 is 0 Å². The highest BCUT2D eigenvalue weighted by Gasteiger charge is 2.17. The van der Waals surface area contributed by atoms with Crippen molar-refractivity contribution in [3.8, 4) is 5.75 Å². The molecule has 1 heterocycles. The van der Waals surface area contributed by atoms with E-state index >= 15 is 0 Å². The molecule has 0 fully saturated rings. The van der Waals surface area contributed by atoms with Crippen LogP contribution in [-0.2, 0) is 6.42 Å². The molecular formula is C16H13BrClNO2. The number of benzene rings is 2. The molecule has 1 aromatic heterocycles. The lowest BCUT2D eigenvalue weighted by Gasteiger charge is -2.12. The van der Waals surface area contributed by atoms with Crippen LogP contribution in [0.15, 0.2) is 51.4 Å². The van der Waals surface area contributed by atoms with Crippen LogP contribution in [-0.4, -0.2) is 12.1 Å². The Labute approximate surface area is 136 Å². The van der Waals surface area contributed by atoms with Crippen molar-refractivity contribution in [2.75, 3.05) is 7.11 Å². The Morgan fingerprint density at radius 1 is 1.29 bits per heavy atom. The van der Waals surface area contributed by atoms with Gasteiger partial charge in [-0.15, -0.1) is 11.6 Å². The minimum absolute atomic E-state index is 0.263. The molecule has 3 aromatic rings. The Kier molecular flexibility index (Phi) is 4.17. The van der Waals surface area contributed by atoms with Crippen LogP contribution in [0.3, 0.4) is 0 Å². The zero-order valence-electron chi connectivity index (χ0n) is 11.3. The normalized spacial score (nSPS) is 12.5. The Morgan fingerprint density at radius 2 is 2.10 bits per heavy atom. The average Bonchev–Trinajstić information content (AvgIpc) is 2.88. The van der Waals surface area contributed by atoms with Crippen molar-refractivity contribution in [2.45, 2.75) is 11.8 Å². The van der Waals surface area contributed by atoms with E-state index in [2.05, 4.69) is 20.9 Å². The standard InChI is InChI=1S/C16H13BrClNO2/c1-20-15-8-10(17)6-7-11(15)12(18)9-16-19-13-4-2-3-5-14(13)21-16/h2-8,12H,9H2,1H3. The van der Waals surface area contributed by atoms with Gasteiger partial charge in [-0.2, -0.15) is 0 Å². The molecule has 5 heteroatoms. The fraction of sp³-hybridized carbons (Fsp3) is 0.188. The lowest BCUT2D eigenvalue weighted by Crippen LogP contribution is -1.99. The highest BCUT2D eigenvalue weighted by atomic mass is 79.9. The number of methoxy groups -OCH3 is 1. The van der Waals surface area contributed by atoms with Crippen molar-refractivity contribution in [3.05, 3.63) is 58.4 Å². The third-order valence-electron chi connectivity index (χ3n) is 3.22. The number of oxazole rings is 1. The van der Waals surface area contributed by atoms with Crippen LogP contribution in [0.4, 0.5) is 0 Å². The molecule has 3 rings (SSSR count). The van der Waals surface area contributed by atoms with E-state index in [1.54, 1.807) is 7.11 Å². The van der Waals surface area contributed by atoms with Crippen LogP contribution in [0.5, 0.6) is 5.75 Å². The van der Waals surface area contributed by atoms with Crippen LogP contribution in [0.1, 0.15) is 16.8 Å². The lowest BCUT2D eigenvalue weighted by molar-refractivity contribution is 0.407. The number of hydrogen-bond donors (Lipinski definition) is 0. The number of para-hydroxylation sites is 2. The molecule has 0 saturated carbocycles. The Bertz CT molecular complexity index is 739. The second-order valence-electron chi connectivity index (χ2n) is 4.63. The highest BCUT2D eigenvalue weighted by molar-refractivity contribution is 9.10. The molecule has 0 radical (unpaired) electrons. The molecule has 1 atom stereocenters. The molecule has 0 N–H and O–H groups in total. The summed E-state index contributed by atoms with van der Waals surface area (Å²) in [5.74, 6) is 1.38. The summed E-state index contributed by atoms with van der Waals surface area (Å²) in [4.78, 5) is 4.45. The maximum atomic E-state index is 6.51. The average molecular weight is 367 g/mol. The number of alkyl halides is 1. The first-order valence-corrected chi connectivity index (χ1v) is 7.72. The monoisotopic (exact) mass is 365 g/mol. The smallest absolute Gasteiger partial charge is 0.197 e. The number of hydrogen-bond acceptors (Lipinski definition) is 3. The molecule has 108 valence electrons. The van der Waals surface area contributed by atoms with Gasteiger partial charge in [0.2, 0.25) is 0 Å². The number of rotatable bonds is 4. The number of ether oxygens (including phenoxy) is 1. The molecule has 0 spiro atoms. The van der Waals surface area contributed by atoms with Crippen molar-refractivity contribution < 1.29 is 9.15 Å². The summed E-state index contributed by atoms with van der Waals surface area (Å²) >= 11 is 9.93. The Hall–Kier alpha value is -1.52. The van der Waals surface area contributed by atoms with Crippen molar-refractivity contribution in [1.29, 1.82) is 0 Å². The SMILES string of the molecule is COc1cc(Br)ccc1C(Cl)Cc1nc2ccccc2o1. The van der Waals surface area contributed by atoms with Crippen molar-refractivity contribution >= 4 is 38.6 Å². The summed E-state index contributed by atoms with van der Waals surface area (Å²) < 4.78 is 12.0. The predicted octanol–water partition coefficient (Wildman–Crippen LogP) is 5.12. The molecule has 0 aliphatic rings. The van der Waals surface area contributed by atoms with E-state index in [9.17, 15) is 0 Å². The van der Waals surface area contributed by atoms with E-state index in [0.717, 1.165) is 26.9 Å². The molecule has 2 aromatic carbocycles. The minimum Gasteiger partial charge on any atom is -0.496 e. The molecule has 0 saturated heterocycles. The summed E-state index contributed by atoms with van der Waals surface area (Å²) in [5.41, 5.74) is 2.54. The summed E-state index contributed by atoms with van der Waals surface area (Å²) in [6.07, 6.45) is 0.508. The topological polar surface area (TPSA) is 35.3 Å². The van der Waals surface area contributed by atoms with Gasteiger partial charge < -0.3 is 9.15 Å². The number of nitrogens with zero attached hydrogens (tertiary/aromatic N) is 1. The summed E-state index contributed by atoms with van der Waals surface area (Å²) in [7, 11) is 1.63. The van der Waals surface area contributed by atoms with Gasteiger partial charge in [0.05, 0.1) is 12.5 Å². The second kappa shape index (κ2) is 6.08. The van der Waals surface area contributed by atoms with Crippen LogP contribution >= 0.6 is 27.5 Å². The maximum absolute atomic E-state index is 6.51. The third kappa shape index (κ3) is 3.06. The van der Waals surface area contributed by atoms with E-state index in [1.165, 1.54) is 0 Å². The first-order chi connectivity index (χ1) is 10.2. The first kappa shape index (κ1) is 14.4. The van der Waals surface area contributed by atoms with Gasteiger partial charge in [-0.25, -0.2) is 4.98 Å². The molecule has 1 unspecified atom stereocenters. The van der Waals surface area contributed by atoms with Gasteiger partial charge >= 0.3 is 0 Å². The molecule has 3 nitrogen and oxygen atoms in total.